The number of aromatic nitrogens is 1. The molecule has 5 heteroatoms. The number of hydrogen-bond acceptors (Lipinski definition) is 5. The van der Waals surface area contributed by atoms with Crippen LogP contribution in [0.15, 0.2) is 4.52 Å². The maximum Gasteiger partial charge on any atom is 0.344 e. The Balaban J connectivity index is 3.03. The van der Waals surface area contributed by atoms with Crippen LogP contribution in [-0.2, 0) is 4.74 Å². The number of aldehydes is 1. The monoisotopic (exact) mass is 183 g/mol. The van der Waals surface area contributed by atoms with Gasteiger partial charge in [-0.25, -0.2) is 4.79 Å². The van der Waals surface area contributed by atoms with Crippen molar-refractivity contribution in [1.29, 1.82) is 0 Å². The summed E-state index contributed by atoms with van der Waals surface area (Å²) in [6, 6.07) is 0. The molecule has 1 rings (SSSR count). The molecule has 0 aliphatic heterocycles. The van der Waals surface area contributed by atoms with Gasteiger partial charge in [0.25, 0.3) is 0 Å². The molecule has 1 heterocycles. The quantitative estimate of drug-likeness (QED) is 0.515. The van der Waals surface area contributed by atoms with Crippen LogP contribution in [0.5, 0.6) is 0 Å². The van der Waals surface area contributed by atoms with Crippen LogP contribution in [0.1, 0.15) is 33.5 Å². The van der Waals surface area contributed by atoms with E-state index in [1.807, 2.05) is 0 Å². The molecule has 0 aliphatic rings. The van der Waals surface area contributed by atoms with Gasteiger partial charge < -0.3 is 9.26 Å². The summed E-state index contributed by atoms with van der Waals surface area (Å²) >= 11 is 0. The lowest BCUT2D eigenvalue weighted by molar-refractivity contribution is 0.0522. The molecule has 0 fully saturated rings. The summed E-state index contributed by atoms with van der Waals surface area (Å²) in [4.78, 5) is 21.6. The average molecular weight is 183 g/mol. The molecule has 0 N–H and O–H groups in total. The lowest BCUT2D eigenvalue weighted by Crippen LogP contribution is -2.07. The molecule has 0 aromatic carbocycles. The van der Waals surface area contributed by atoms with Gasteiger partial charge in [0, 0.05) is 0 Å². The van der Waals surface area contributed by atoms with Gasteiger partial charge in [-0.15, -0.1) is 0 Å². The van der Waals surface area contributed by atoms with Crippen molar-refractivity contribution in [2.75, 3.05) is 6.61 Å². The molecule has 1 aromatic heterocycles. The van der Waals surface area contributed by atoms with Gasteiger partial charge >= 0.3 is 5.97 Å². The molecule has 0 saturated carbocycles. The van der Waals surface area contributed by atoms with E-state index in [0.717, 1.165) is 0 Å². The number of ether oxygens (including phenoxy) is 1. The first-order valence-electron chi connectivity index (χ1n) is 3.79. The highest BCUT2D eigenvalue weighted by Gasteiger charge is 2.20. The molecular weight excluding hydrogens is 174 g/mol. The van der Waals surface area contributed by atoms with Crippen LogP contribution in [0.2, 0.25) is 0 Å². The second-order valence-electron chi connectivity index (χ2n) is 2.35. The first kappa shape index (κ1) is 9.44. The van der Waals surface area contributed by atoms with Crippen molar-refractivity contribution in [3.8, 4) is 0 Å². The lowest BCUT2D eigenvalue weighted by atomic mass is 10.2. The summed E-state index contributed by atoms with van der Waals surface area (Å²) in [5, 5.41) is 3.48. The van der Waals surface area contributed by atoms with Crippen LogP contribution in [0.4, 0.5) is 0 Å². The molecule has 0 spiro atoms. The fourth-order valence-electron chi connectivity index (χ4n) is 0.919. The van der Waals surface area contributed by atoms with Gasteiger partial charge in [0.2, 0.25) is 5.76 Å². The topological polar surface area (TPSA) is 69.4 Å². The number of carbonyl (C=O) groups excluding carboxylic acids is 2. The highest BCUT2D eigenvalue weighted by molar-refractivity contribution is 5.97. The number of hydrogen-bond donors (Lipinski definition) is 0. The highest BCUT2D eigenvalue weighted by atomic mass is 16.5. The third-order valence-electron chi connectivity index (χ3n) is 1.48. The number of nitrogens with zero attached hydrogens (tertiary/aromatic N) is 1. The Hall–Kier alpha value is -1.65. The van der Waals surface area contributed by atoms with Crippen molar-refractivity contribution in [3.05, 3.63) is 17.0 Å². The Morgan fingerprint density at radius 3 is 2.92 bits per heavy atom. The summed E-state index contributed by atoms with van der Waals surface area (Å²) in [5.74, 6) is -0.667. The van der Waals surface area contributed by atoms with Gasteiger partial charge in [0.05, 0.1) is 12.3 Å². The predicted molar refractivity (Wildman–Crippen MR) is 42.6 cm³/mol. The third-order valence-corrected chi connectivity index (χ3v) is 1.48. The Labute approximate surface area is 74.7 Å². The molecular formula is C8H9NO4. The standard InChI is InChI=1S/C8H9NO4/c1-3-12-8(11)7-5(2)9-13-6(7)4-10/h4H,3H2,1-2H3. The zero-order valence-electron chi connectivity index (χ0n) is 7.36. The molecule has 1 aromatic rings. The van der Waals surface area contributed by atoms with E-state index < -0.39 is 5.97 Å². The van der Waals surface area contributed by atoms with Gasteiger partial charge in [0.15, 0.2) is 6.29 Å². The van der Waals surface area contributed by atoms with E-state index in [9.17, 15) is 9.59 Å². The van der Waals surface area contributed by atoms with Gasteiger partial charge in [-0.1, -0.05) is 5.16 Å². The van der Waals surface area contributed by atoms with E-state index in [1.165, 1.54) is 0 Å². The summed E-state index contributed by atoms with van der Waals surface area (Å²) < 4.78 is 9.30. The van der Waals surface area contributed by atoms with E-state index >= 15 is 0 Å². The van der Waals surface area contributed by atoms with Gasteiger partial charge in [0.1, 0.15) is 5.56 Å². The molecule has 5 nitrogen and oxygen atoms in total. The van der Waals surface area contributed by atoms with Crippen molar-refractivity contribution in [1.82, 2.24) is 5.16 Å². The van der Waals surface area contributed by atoms with Crippen LogP contribution in [0, 0.1) is 6.92 Å². The van der Waals surface area contributed by atoms with Crippen molar-refractivity contribution >= 4 is 12.3 Å². The summed E-state index contributed by atoms with van der Waals surface area (Å²) in [5.41, 5.74) is 0.470. The Bertz CT molecular complexity index is 329. The average Bonchev–Trinajstić information content (AvgIpc) is 2.47. The molecule has 0 amide bonds. The summed E-state index contributed by atoms with van der Waals surface area (Å²) in [7, 11) is 0. The van der Waals surface area contributed by atoms with Crippen molar-refractivity contribution in [3.63, 3.8) is 0 Å². The van der Waals surface area contributed by atoms with Crippen molar-refractivity contribution in [2.24, 2.45) is 0 Å². The van der Waals surface area contributed by atoms with E-state index in [4.69, 9.17) is 4.74 Å². The fraction of sp³-hybridized carbons (Fsp3) is 0.375. The SMILES string of the molecule is CCOC(=O)c1c(C)noc1C=O. The molecule has 0 atom stereocenters. The van der Waals surface area contributed by atoms with Gasteiger partial charge in [-0.3, -0.25) is 4.79 Å². The Morgan fingerprint density at radius 1 is 1.69 bits per heavy atom. The number of carbonyl (C=O) groups is 2. The minimum atomic E-state index is -0.580. The van der Waals surface area contributed by atoms with Crippen LogP contribution in [-0.4, -0.2) is 24.0 Å². The predicted octanol–water partition coefficient (Wildman–Crippen LogP) is 0.972. The summed E-state index contributed by atoms with van der Waals surface area (Å²) in [6.07, 6.45) is 0.437. The first-order chi connectivity index (χ1) is 6.20. The zero-order valence-corrected chi connectivity index (χ0v) is 7.36. The Kier molecular flexibility index (Phi) is 2.79. The smallest absolute Gasteiger partial charge is 0.344 e. The number of aryl methyl sites for hydroxylation is 1. The van der Waals surface area contributed by atoms with E-state index in [0.29, 0.717) is 12.0 Å². The molecule has 13 heavy (non-hydrogen) atoms. The fourth-order valence-corrected chi connectivity index (χ4v) is 0.919. The van der Waals surface area contributed by atoms with Crippen LogP contribution in [0.3, 0.4) is 0 Å². The van der Waals surface area contributed by atoms with Crippen LogP contribution < -0.4 is 0 Å². The normalized spacial score (nSPS) is 9.69. The molecule has 70 valence electrons. The minimum absolute atomic E-state index is 0.0871. The van der Waals surface area contributed by atoms with Crippen LogP contribution in [0.25, 0.3) is 0 Å². The van der Waals surface area contributed by atoms with Crippen LogP contribution >= 0.6 is 0 Å². The number of rotatable bonds is 3. The van der Waals surface area contributed by atoms with Crippen molar-refractivity contribution < 1.29 is 18.8 Å². The second kappa shape index (κ2) is 3.84. The molecule has 0 saturated heterocycles. The van der Waals surface area contributed by atoms with Gasteiger partial charge in [-0.2, -0.15) is 0 Å². The van der Waals surface area contributed by atoms with Gasteiger partial charge in [-0.05, 0) is 13.8 Å². The first-order valence-corrected chi connectivity index (χ1v) is 3.79. The zero-order chi connectivity index (χ0) is 9.84. The third kappa shape index (κ3) is 1.74. The molecule has 0 aliphatic carbocycles. The van der Waals surface area contributed by atoms with E-state index in [1.54, 1.807) is 13.8 Å². The Morgan fingerprint density at radius 2 is 2.38 bits per heavy atom. The largest absolute Gasteiger partial charge is 0.462 e. The molecule has 0 unspecified atom stereocenters. The summed E-state index contributed by atoms with van der Waals surface area (Å²) in [6.45, 7) is 3.51. The second-order valence-corrected chi connectivity index (χ2v) is 2.35. The van der Waals surface area contributed by atoms with E-state index in [2.05, 4.69) is 9.68 Å². The maximum atomic E-state index is 11.2. The van der Waals surface area contributed by atoms with E-state index in [-0.39, 0.29) is 17.9 Å². The molecule has 0 radical (unpaired) electrons. The lowest BCUT2D eigenvalue weighted by Gasteiger charge is -1.98. The molecule has 0 bridgehead atoms. The maximum absolute atomic E-state index is 11.2. The number of esters is 1. The van der Waals surface area contributed by atoms with Crippen molar-refractivity contribution in [2.45, 2.75) is 13.8 Å². The highest BCUT2D eigenvalue weighted by Crippen LogP contribution is 2.12. The minimum Gasteiger partial charge on any atom is -0.462 e.